The van der Waals surface area contributed by atoms with Crippen molar-refractivity contribution in [2.24, 2.45) is 5.92 Å². The Morgan fingerprint density at radius 2 is 2.31 bits per heavy atom. The number of rotatable bonds is 2. The molecule has 4 nitrogen and oxygen atoms in total. The van der Waals surface area contributed by atoms with Gasteiger partial charge < -0.3 is 14.9 Å². The fraction of sp³-hybridized carbons (Fsp3) is 1.00. The van der Waals surface area contributed by atoms with E-state index < -0.39 is 11.7 Å². The number of aliphatic hydroxyl groups excluding tert-OH is 1. The normalized spacial score (nSPS) is 44.8. The summed E-state index contributed by atoms with van der Waals surface area (Å²) in [5.41, 5.74) is -1.01. The molecule has 0 aromatic heterocycles. The highest BCUT2D eigenvalue weighted by atomic mass is 16.6. The van der Waals surface area contributed by atoms with Gasteiger partial charge in [0.15, 0.2) is 0 Å². The Kier molecular flexibility index (Phi) is 2.11. The third-order valence-corrected chi connectivity index (χ3v) is 3.34. The number of aliphatic hydroxyl groups is 2. The molecule has 76 valence electrons. The Labute approximate surface area is 77.9 Å². The zero-order valence-electron chi connectivity index (χ0n) is 8.03. The second kappa shape index (κ2) is 2.92. The highest BCUT2D eigenvalue weighted by molar-refractivity contribution is 4.98. The molecule has 13 heavy (non-hydrogen) atoms. The van der Waals surface area contributed by atoms with Crippen LogP contribution < -0.4 is 5.32 Å². The molecule has 3 N–H and O–H groups in total. The van der Waals surface area contributed by atoms with E-state index in [9.17, 15) is 10.2 Å². The summed E-state index contributed by atoms with van der Waals surface area (Å²) in [6.07, 6.45) is 0.606. The lowest BCUT2D eigenvalue weighted by Crippen LogP contribution is -2.51. The first kappa shape index (κ1) is 9.40. The number of hydrogen-bond acceptors (Lipinski definition) is 4. The molecule has 2 heterocycles. The quantitative estimate of drug-likeness (QED) is 0.508. The summed E-state index contributed by atoms with van der Waals surface area (Å²) in [7, 11) is 0. The predicted octanol–water partition coefficient (Wildman–Crippen LogP) is -0.547. The fourth-order valence-corrected chi connectivity index (χ4v) is 1.91. The maximum atomic E-state index is 10.0. The van der Waals surface area contributed by atoms with E-state index in [0.29, 0.717) is 0 Å². The smallest absolute Gasteiger partial charge is 0.135 e. The molecule has 2 saturated heterocycles. The summed E-state index contributed by atoms with van der Waals surface area (Å²) >= 11 is 0. The Hall–Kier alpha value is -0.160. The van der Waals surface area contributed by atoms with Crippen molar-refractivity contribution in [3.05, 3.63) is 0 Å². The van der Waals surface area contributed by atoms with E-state index in [0.717, 1.165) is 13.0 Å². The van der Waals surface area contributed by atoms with Crippen LogP contribution in [0.1, 0.15) is 20.3 Å². The number of fused-ring (bicyclic) bond motifs is 1. The van der Waals surface area contributed by atoms with E-state index in [1.807, 2.05) is 0 Å². The zero-order valence-corrected chi connectivity index (χ0v) is 8.03. The molecule has 0 aromatic rings. The second-order valence-corrected chi connectivity index (χ2v) is 4.34. The monoisotopic (exact) mass is 187 g/mol. The maximum absolute atomic E-state index is 10.0. The molecule has 0 aliphatic carbocycles. The van der Waals surface area contributed by atoms with Gasteiger partial charge in [0.1, 0.15) is 6.23 Å². The van der Waals surface area contributed by atoms with Crippen molar-refractivity contribution in [2.45, 2.75) is 44.3 Å². The lowest BCUT2D eigenvalue weighted by molar-refractivity contribution is -0.0967. The van der Waals surface area contributed by atoms with Crippen molar-refractivity contribution in [1.29, 1.82) is 0 Å². The number of nitrogens with one attached hydrogen (secondary N) is 1. The molecule has 4 unspecified atom stereocenters. The van der Waals surface area contributed by atoms with E-state index in [2.05, 4.69) is 5.32 Å². The Morgan fingerprint density at radius 1 is 1.62 bits per heavy atom. The van der Waals surface area contributed by atoms with Gasteiger partial charge in [0.05, 0.1) is 17.8 Å². The molecule has 4 heteroatoms. The van der Waals surface area contributed by atoms with Crippen LogP contribution >= 0.6 is 0 Å². The molecule has 2 aliphatic rings. The second-order valence-electron chi connectivity index (χ2n) is 4.34. The van der Waals surface area contributed by atoms with Gasteiger partial charge in [0, 0.05) is 12.5 Å². The van der Waals surface area contributed by atoms with Gasteiger partial charge in [0.2, 0.25) is 0 Å². The standard InChI is InChI=1S/C9H17NO3/c1-5(11)9(2,12)6-3-7-8(13-7)10-4-6/h5-8,10-12H,3-4H2,1-2H3/t5?,6?,7?,8?,9-/m0/s1. The number of ether oxygens (including phenoxy) is 1. The molecule has 2 rings (SSSR count). The first-order valence-corrected chi connectivity index (χ1v) is 4.81. The van der Waals surface area contributed by atoms with Crippen molar-refractivity contribution in [3.63, 3.8) is 0 Å². The van der Waals surface area contributed by atoms with Crippen LogP contribution in [0.5, 0.6) is 0 Å². The first-order chi connectivity index (χ1) is 6.01. The largest absolute Gasteiger partial charge is 0.390 e. The van der Waals surface area contributed by atoms with Crippen LogP contribution in [0.2, 0.25) is 0 Å². The van der Waals surface area contributed by atoms with Crippen LogP contribution in [0.15, 0.2) is 0 Å². The molecule has 0 aromatic carbocycles. The van der Waals surface area contributed by atoms with Gasteiger partial charge in [-0.3, -0.25) is 5.32 Å². The summed E-state index contributed by atoms with van der Waals surface area (Å²) in [6, 6.07) is 0. The average Bonchev–Trinajstić information content (AvgIpc) is 2.80. The van der Waals surface area contributed by atoms with Crippen molar-refractivity contribution in [3.8, 4) is 0 Å². The average molecular weight is 187 g/mol. The highest BCUT2D eigenvalue weighted by Crippen LogP contribution is 2.36. The lowest BCUT2D eigenvalue weighted by Gasteiger charge is -2.36. The van der Waals surface area contributed by atoms with E-state index in [1.165, 1.54) is 0 Å². The van der Waals surface area contributed by atoms with Crippen LogP contribution in [0.25, 0.3) is 0 Å². The minimum absolute atomic E-state index is 0.0799. The zero-order chi connectivity index (χ0) is 9.64. The minimum Gasteiger partial charge on any atom is -0.390 e. The summed E-state index contributed by atoms with van der Waals surface area (Å²) in [4.78, 5) is 0. The molecule has 2 aliphatic heterocycles. The third-order valence-electron chi connectivity index (χ3n) is 3.34. The molecule has 0 spiro atoms. The SMILES string of the molecule is CC(O)[C@](C)(O)C1CNC2OC2C1. The van der Waals surface area contributed by atoms with E-state index in [-0.39, 0.29) is 18.2 Å². The summed E-state index contributed by atoms with van der Waals surface area (Å²) in [6.45, 7) is 4.03. The lowest BCUT2D eigenvalue weighted by atomic mass is 9.80. The third kappa shape index (κ3) is 1.59. The highest BCUT2D eigenvalue weighted by Gasteiger charge is 2.49. The number of hydrogen-bond donors (Lipinski definition) is 3. The van der Waals surface area contributed by atoms with Gasteiger partial charge in [-0.2, -0.15) is 0 Å². The Balaban J connectivity index is 1.99. The number of epoxide rings is 1. The topological polar surface area (TPSA) is 65.0 Å². The van der Waals surface area contributed by atoms with Gasteiger partial charge >= 0.3 is 0 Å². The van der Waals surface area contributed by atoms with Gasteiger partial charge in [-0.25, -0.2) is 0 Å². The van der Waals surface area contributed by atoms with E-state index >= 15 is 0 Å². The van der Waals surface area contributed by atoms with Crippen LogP contribution in [-0.2, 0) is 4.74 Å². The van der Waals surface area contributed by atoms with Gasteiger partial charge in [-0.1, -0.05) is 0 Å². The maximum Gasteiger partial charge on any atom is 0.135 e. The molecule has 0 amide bonds. The molecule has 0 bridgehead atoms. The Bertz CT molecular complexity index is 205. The predicted molar refractivity (Wildman–Crippen MR) is 47.1 cm³/mol. The van der Waals surface area contributed by atoms with Crippen molar-refractivity contribution in [2.75, 3.05) is 6.54 Å². The number of piperidine rings is 1. The van der Waals surface area contributed by atoms with E-state index in [1.54, 1.807) is 13.8 Å². The van der Waals surface area contributed by atoms with Crippen LogP contribution in [0.4, 0.5) is 0 Å². The summed E-state index contributed by atoms with van der Waals surface area (Å²) in [5, 5.41) is 22.6. The molecular formula is C9H17NO3. The molecule has 0 radical (unpaired) electrons. The Morgan fingerprint density at radius 3 is 2.85 bits per heavy atom. The minimum atomic E-state index is -1.01. The van der Waals surface area contributed by atoms with Crippen molar-refractivity contribution in [1.82, 2.24) is 5.32 Å². The van der Waals surface area contributed by atoms with Crippen LogP contribution in [-0.4, -0.2) is 40.8 Å². The summed E-state index contributed by atoms with van der Waals surface area (Å²) < 4.78 is 5.28. The first-order valence-electron chi connectivity index (χ1n) is 4.81. The van der Waals surface area contributed by atoms with Crippen molar-refractivity contribution < 1.29 is 14.9 Å². The molecular weight excluding hydrogens is 170 g/mol. The van der Waals surface area contributed by atoms with Crippen LogP contribution in [0, 0.1) is 5.92 Å². The summed E-state index contributed by atoms with van der Waals surface area (Å²) in [5.74, 6) is 0.0799. The molecule has 2 fully saturated rings. The van der Waals surface area contributed by atoms with Crippen LogP contribution in [0.3, 0.4) is 0 Å². The van der Waals surface area contributed by atoms with Crippen molar-refractivity contribution >= 4 is 0 Å². The van der Waals surface area contributed by atoms with Gasteiger partial charge in [0.25, 0.3) is 0 Å². The molecule has 5 atom stereocenters. The van der Waals surface area contributed by atoms with E-state index in [4.69, 9.17) is 4.74 Å². The fourth-order valence-electron chi connectivity index (χ4n) is 1.91. The molecule has 0 saturated carbocycles. The van der Waals surface area contributed by atoms with Gasteiger partial charge in [-0.15, -0.1) is 0 Å². The van der Waals surface area contributed by atoms with Gasteiger partial charge in [-0.05, 0) is 20.3 Å².